The molecule has 1 fully saturated rings. The minimum atomic E-state index is -0.795. The third kappa shape index (κ3) is 1.64. The van der Waals surface area contributed by atoms with Crippen LogP contribution in [-0.2, 0) is 14.4 Å². The molecule has 1 aromatic rings. The monoisotopic (exact) mass is 259 g/mol. The molecule has 0 amide bonds. The molecule has 0 radical (unpaired) electrons. The topological polar surface area (TPSA) is 38.8 Å². The number of fused-ring (bicyclic) bond motifs is 1. The van der Waals surface area contributed by atoms with Crippen LogP contribution in [0.25, 0.3) is 5.76 Å². The van der Waals surface area contributed by atoms with Crippen molar-refractivity contribution in [1.82, 2.24) is 5.06 Å². The van der Waals surface area contributed by atoms with E-state index in [9.17, 15) is 4.79 Å². The Balaban J connectivity index is 2.11. The first-order valence-electron chi connectivity index (χ1n) is 6.37. The number of hydrogen-bond donors (Lipinski definition) is 0. The summed E-state index contributed by atoms with van der Waals surface area (Å²) in [5, 5.41) is 1.78. The molecule has 19 heavy (non-hydrogen) atoms. The number of nitrogens with zero attached hydrogens (tertiary/aromatic N) is 1. The van der Waals surface area contributed by atoms with Gasteiger partial charge in [0.05, 0.1) is 17.7 Å². The van der Waals surface area contributed by atoms with Crippen LogP contribution in [0.3, 0.4) is 0 Å². The summed E-state index contributed by atoms with van der Waals surface area (Å²) < 4.78 is 5.85. The fourth-order valence-corrected chi connectivity index (χ4v) is 2.72. The minimum Gasteiger partial charge on any atom is -0.401 e. The highest BCUT2D eigenvalue weighted by atomic mass is 16.8. The number of hydrogen-bond acceptors (Lipinski definition) is 4. The van der Waals surface area contributed by atoms with E-state index >= 15 is 0 Å². The molecule has 0 aromatic heterocycles. The summed E-state index contributed by atoms with van der Waals surface area (Å²) in [6.07, 6.45) is 0.837. The summed E-state index contributed by atoms with van der Waals surface area (Å²) in [6, 6.07) is 9.63. The van der Waals surface area contributed by atoms with Crippen LogP contribution in [0.2, 0.25) is 0 Å². The van der Waals surface area contributed by atoms with Gasteiger partial charge in [-0.25, -0.2) is 0 Å². The maximum Gasteiger partial charge on any atom is 0.184 e. The third-order valence-corrected chi connectivity index (χ3v) is 3.72. The smallest absolute Gasteiger partial charge is 0.184 e. The molecule has 4 heteroatoms. The molecule has 1 atom stereocenters. The van der Waals surface area contributed by atoms with Gasteiger partial charge in [0.2, 0.25) is 0 Å². The van der Waals surface area contributed by atoms with E-state index in [1.807, 2.05) is 51.1 Å². The Bertz CT molecular complexity index is 550. The van der Waals surface area contributed by atoms with Crippen LogP contribution in [0.1, 0.15) is 26.3 Å². The van der Waals surface area contributed by atoms with Gasteiger partial charge in [-0.3, -0.25) is 4.79 Å². The van der Waals surface area contributed by atoms with Crippen LogP contribution >= 0.6 is 0 Å². The minimum absolute atomic E-state index is 0.264. The van der Waals surface area contributed by atoms with Crippen LogP contribution in [0.15, 0.2) is 35.9 Å². The lowest BCUT2D eigenvalue weighted by molar-refractivity contribution is -0.198. The molecule has 0 bridgehead atoms. The zero-order chi connectivity index (χ0) is 13.7. The SMILES string of the molecule is CC1(C)COC2(C)C(C=O)=C(c3ccccc3)ON12. The highest BCUT2D eigenvalue weighted by Gasteiger charge is 2.58. The van der Waals surface area contributed by atoms with Crippen molar-refractivity contribution in [3.63, 3.8) is 0 Å². The number of carbonyl (C=O) groups is 1. The Kier molecular flexibility index (Phi) is 2.56. The van der Waals surface area contributed by atoms with Crippen LogP contribution in [0.5, 0.6) is 0 Å². The lowest BCUT2D eigenvalue weighted by Gasteiger charge is -2.31. The van der Waals surface area contributed by atoms with Gasteiger partial charge in [-0.1, -0.05) is 35.4 Å². The lowest BCUT2D eigenvalue weighted by atomic mass is 10.0. The lowest BCUT2D eigenvalue weighted by Crippen LogP contribution is -2.47. The fraction of sp³-hybridized carbons (Fsp3) is 0.400. The second-order valence-electron chi connectivity index (χ2n) is 5.70. The maximum absolute atomic E-state index is 11.5. The first-order chi connectivity index (χ1) is 8.99. The Morgan fingerprint density at radius 3 is 2.53 bits per heavy atom. The highest BCUT2D eigenvalue weighted by molar-refractivity contribution is 5.89. The Labute approximate surface area is 112 Å². The predicted molar refractivity (Wildman–Crippen MR) is 70.8 cm³/mol. The van der Waals surface area contributed by atoms with Gasteiger partial charge in [0, 0.05) is 5.56 Å². The van der Waals surface area contributed by atoms with E-state index in [1.54, 1.807) is 5.06 Å². The van der Waals surface area contributed by atoms with Crippen LogP contribution in [0, 0.1) is 0 Å². The van der Waals surface area contributed by atoms with E-state index in [4.69, 9.17) is 9.57 Å². The molecule has 100 valence electrons. The Morgan fingerprint density at radius 1 is 1.21 bits per heavy atom. The van der Waals surface area contributed by atoms with E-state index in [-0.39, 0.29) is 5.54 Å². The third-order valence-electron chi connectivity index (χ3n) is 3.72. The second-order valence-corrected chi connectivity index (χ2v) is 5.70. The largest absolute Gasteiger partial charge is 0.401 e. The molecule has 1 aromatic carbocycles. The average Bonchev–Trinajstić information content (AvgIpc) is 2.83. The zero-order valence-corrected chi connectivity index (χ0v) is 11.3. The van der Waals surface area contributed by atoms with Gasteiger partial charge < -0.3 is 9.57 Å². The molecule has 2 heterocycles. The number of aldehydes is 1. The molecule has 1 unspecified atom stereocenters. The van der Waals surface area contributed by atoms with Crippen LogP contribution < -0.4 is 0 Å². The predicted octanol–water partition coefficient (Wildman–Crippen LogP) is 2.37. The zero-order valence-electron chi connectivity index (χ0n) is 11.3. The molecule has 0 aliphatic carbocycles. The van der Waals surface area contributed by atoms with Gasteiger partial charge in [-0.2, -0.15) is 0 Å². The van der Waals surface area contributed by atoms with Crippen molar-refractivity contribution in [3.05, 3.63) is 41.5 Å². The van der Waals surface area contributed by atoms with Gasteiger partial charge in [0.15, 0.2) is 17.8 Å². The van der Waals surface area contributed by atoms with Gasteiger partial charge in [0.1, 0.15) is 0 Å². The number of hydroxylamine groups is 2. The first kappa shape index (κ1) is 12.4. The molecule has 1 saturated heterocycles. The van der Waals surface area contributed by atoms with E-state index in [2.05, 4.69) is 0 Å². The van der Waals surface area contributed by atoms with E-state index in [1.165, 1.54) is 0 Å². The van der Waals surface area contributed by atoms with Crippen LogP contribution in [0.4, 0.5) is 0 Å². The Morgan fingerprint density at radius 2 is 1.89 bits per heavy atom. The highest BCUT2D eigenvalue weighted by Crippen LogP contribution is 2.48. The van der Waals surface area contributed by atoms with Crippen molar-refractivity contribution in [2.75, 3.05) is 6.61 Å². The number of rotatable bonds is 2. The molecule has 2 aliphatic rings. The van der Waals surface area contributed by atoms with E-state index in [0.717, 1.165) is 11.8 Å². The van der Waals surface area contributed by atoms with Gasteiger partial charge in [-0.05, 0) is 20.8 Å². The molecule has 0 N–H and O–H groups in total. The Hall–Kier alpha value is -1.65. The van der Waals surface area contributed by atoms with Crippen molar-refractivity contribution in [2.24, 2.45) is 0 Å². The van der Waals surface area contributed by atoms with Crippen molar-refractivity contribution < 1.29 is 14.4 Å². The summed E-state index contributed by atoms with van der Waals surface area (Å²) >= 11 is 0. The molecular weight excluding hydrogens is 242 g/mol. The second kappa shape index (κ2) is 3.92. The standard InChI is InChI=1S/C15H17NO3/c1-14(2)10-18-15(3)12(9-17)13(19-16(14)15)11-7-5-4-6-8-11/h4-9H,10H2,1-3H3. The number of ether oxygens (including phenoxy) is 1. The van der Waals surface area contributed by atoms with Crippen molar-refractivity contribution in [1.29, 1.82) is 0 Å². The normalized spacial score (nSPS) is 29.2. The van der Waals surface area contributed by atoms with E-state index in [0.29, 0.717) is 17.9 Å². The number of carbonyl (C=O) groups excluding carboxylic acids is 1. The van der Waals surface area contributed by atoms with Crippen molar-refractivity contribution >= 4 is 12.0 Å². The summed E-state index contributed by atoms with van der Waals surface area (Å²) in [5.74, 6) is 0.589. The molecule has 4 nitrogen and oxygen atoms in total. The van der Waals surface area contributed by atoms with Crippen molar-refractivity contribution in [2.45, 2.75) is 32.0 Å². The molecule has 2 aliphatic heterocycles. The van der Waals surface area contributed by atoms with Gasteiger partial charge >= 0.3 is 0 Å². The van der Waals surface area contributed by atoms with Crippen LogP contribution in [-0.4, -0.2) is 29.2 Å². The van der Waals surface area contributed by atoms with Crippen molar-refractivity contribution in [3.8, 4) is 0 Å². The quantitative estimate of drug-likeness (QED) is 0.764. The van der Waals surface area contributed by atoms with Gasteiger partial charge in [0.25, 0.3) is 0 Å². The fourth-order valence-electron chi connectivity index (χ4n) is 2.72. The summed E-state index contributed by atoms with van der Waals surface area (Å²) in [4.78, 5) is 17.5. The summed E-state index contributed by atoms with van der Waals surface area (Å²) in [7, 11) is 0. The van der Waals surface area contributed by atoms with Gasteiger partial charge in [-0.15, -0.1) is 0 Å². The summed E-state index contributed by atoms with van der Waals surface area (Å²) in [5.41, 5.74) is 0.375. The molecule has 3 rings (SSSR count). The first-order valence-corrected chi connectivity index (χ1v) is 6.37. The number of benzene rings is 1. The summed E-state index contributed by atoms with van der Waals surface area (Å²) in [6.45, 7) is 6.48. The molecular formula is C15H17NO3. The molecule has 0 saturated carbocycles. The molecule has 0 spiro atoms. The van der Waals surface area contributed by atoms with E-state index < -0.39 is 5.72 Å². The maximum atomic E-state index is 11.5. The average molecular weight is 259 g/mol.